The minimum atomic E-state index is -1.08. The fraction of sp³-hybridized carbons (Fsp3) is 0.200. The molecule has 3 aromatic carbocycles. The lowest BCUT2D eigenvalue weighted by Gasteiger charge is -2.08. The van der Waals surface area contributed by atoms with Crippen LogP contribution in [0.2, 0.25) is 0 Å². The first-order chi connectivity index (χ1) is 21.7. The number of carboxylic acids is 1. The van der Waals surface area contributed by atoms with E-state index in [9.17, 15) is 9.59 Å². The number of methoxy groups -OCH3 is 1. The molecule has 5 aromatic rings. The molecule has 234 valence electrons. The van der Waals surface area contributed by atoms with Crippen LogP contribution < -0.4 is 14.2 Å². The van der Waals surface area contributed by atoms with Gasteiger partial charge in [0, 0.05) is 14.7 Å². The summed E-state index contributed by atoms with van der Waals surface area (Å²) in [5, 5.41) is 8.95. The molecule has 2 heterocycles. The summed E-state index contributed by atoms with van der Waals surface area (Å²) in [6.07, 6.45) is 0. The maximum atomic E-state index is 11.3. The Morgan fingerprint density at radius 1 is 0.689 bits per heavy atom. The number of furan rings is 2. The number of carboxylic acid groups (broad SMARTS) is 1. The fourth-order valence-electron chi connectivity index (χ4n) is 4.14. The summed E-state index contributed by atoms with van der Waals surface area (Å²) in [6.45, 7) is 6.73. The van der Waals surface area contributed by atoms with E-state index in [0.29, 0.717) is 30.5 Å². The number of benzene rings is 3. The molecule has 10 heteroatoms. The minimum Gasteiger partial charge on any atom is -0.494 e. The van der Waals surface area contributed by atoms with Gasteiger partial charge in [-0.25, -0.2) is 9.59 Å². The minimum absolute atomic E-state index is 0.0769. The van der Waals surface area contributed by atoms with E-state index >= 15 is 0 Å². The van der Waals surface area contributed by atoms with E-state index in [2.05, 4.69) is 27.3 Å². The molecule has 0 bridgehead atoms. The molecule has 45 heavy (non-hydrogen) atoms. The number of hydrogen-bond donors (Lipinski definition) is 1. The van der Waals surface area contributed by atoms with Crippen molar-refractivity contribution < 1.29 is 42.5 Å². The zero-order chi connectivity index (χ0) is 32.3. The second-order valence-corrected chi connectivity index (χ2v) is 10.9. The van der Waals surface area contributed by atoms with Crippen LogP contribution in [0.25, 0.3) is 11.1 Å². The smallest absolute Gasteiger partial charge is 0.373 e. The zero-order valence-corrected chi connectivity index (χ0v) is 27.5. The second-order valence-electron chi connectivity index (χ2n) is 9.69. The predicted octanol–water partition coefficient (Wildman–Crippen LogP) is 8.49. The molecule has 2 aromatic heterocycles. The first-order valence-corrected chi connectivity index (χ1v) is 15.1. The first-order valence-electron chi connectivity index (χ1n) is 14.0. The van der Waals surface area contributed by atoms with Crippen molar-refractivity contribution in [2.75, 3.05) is 13.7 Å². The summed E-state index contributed by atoms with van der Waals surface area (Å²) in [7, 11) is 1.32. The highest BCUT2D eigenvalue weighted by molar-refractivity contribution is 14.1. The van der Waals surface area contributed by atoms with Gasteiger partial charge >= 0.3 is 11.9 Å². The molecule has 0 saturated heterocycles. The van der Waals surface area contributed by atoms with Gasteiger partial charge in [-0.15, -0.1) is 0 Å². The Kier molecular flexibility index (Phi) is 11.7. The SMILES string of the molecule is CCOc1ccc(-c2ccc(OCc3cc(C(=O)O)oc3C)cc2)cc1.COC(=O)c1cc(COc2ccc(I)cc2)c(C)o1. The van der Waals surface area contributed by atoms with Gasteiger partial charge in [0.05, 0.1) is 13.7 Å². The van der Waals surface area contributed by atoms with E-state index in [4.69, 9.17) is 28.2 Å². The van der Waals surface area contributed by atoms with Gasteiger partial charge in [0.25, 0.3) is 0 Å². The summed E-state index contributed by atoms with van der Waals surface area (Å²) in [5.74, 6) is 2.10. The fourth-order valence-corrected chi connectivity index (χ4v) is 4.50. The van der Waals surface area contributed by atoms with Crippen molar-refractivity contribution in [3.63, 3.8) is 0 Å². The molecular weight excluding hydrogens is 691 g/mol. The Bertz CT molecular complexity index is 1700. The van der Waals surface area contributed by atoms with E-state index in [0.717, 1.165) is 37.3 Å². The van der Waals surface area contributed by atoms with Crippen molar-refractivity contribution in [2.45, 2.75) is 34.0 Å². The lowest BCUT2D eigenvalue weighted by Crippen LogP contribution is -1.99. The van der Waals surface area contributed by atoms with Crippen LogP contribution in [0.1, 0.15) is 50.7 Å². The van der Waals surface area contributed by atoms with Gasteiger partial charge < -0.3 is 32.9 Å². The molecule has 0 aliphatic carbocycles. The molecule has 0 atom stereocenters. The lowest BCUT2D eigenvalue weighted by molar-refractivity contribution is 0.0563. The molecule has 0 saturated carbocycles. The largest absolute Gasteiger partial charge is 0.494 e. The van der Waals surface area contributed by atoms with Crippen LogP contribution >= 0.6 is 22.6 Å². The Balaban J connectivity index is 0.000000215. The van der Waals surface area contributed by atoms with E-state index in [1.165, 1.54) is 13.2 Å². The molecule has 0 unspecified atom stereocenters. The number of aryl methyl sites for hydroxylation is 2. The summed E-state index contributed by atoms with van der Waals surface area (Å²) >= 11 is 2.23. The maximum absolute atomic E-state index is 11.3. The van der Waals surface area contributed by atoms with Crippen molar-refractivity contribution in [1.82, 2.24) is 0 Å². The van der Waals surface area contributed by atoms with Gasteiger partial charge in [0.2, 0.25) is 11.5 Å². The van der Waals surface area contributed by atoms with E-state index in [-0.39, 0.29) is 18.1 Å². The van der Waals surface area contributed by atoms with Crippen LogP contribution in [0.4, 0.5) is 0 Å². The van der Waals surface area contributed by atoms with Crippen molar-refractivity contribution in [3.05, 3.63) is 123 Å². The van der Waals surface area contributed by atoms with Crippen molar-refractivity contribution >= 4 is 34.5 Å². The number of carbonyl (C=O) groups is 2. The first kappa shape index (κ1) is 33.2. The average molecular weight is 725 g/mol. The third-order valence-corrected chi connectivity index (χ3v) is 7.31. The molecular formula is C35H33IO9. The molecule has 0 spiro atoms. The monoisotopic (exact) mass is 724 g/mol. The van der Waals surface area contributed by atoms with Crippen LogP contribution in [-0.2, 0) is 18.0 Å². The van der Waals surface area contributed by atoms with Crippen molar-refractivity contribution in [3.8, 4) is 28.4 Å². The molecule has 5 rings (SSSR count). The zero-order valence-electron chi connectivity index (χ0n) is 25.3. The second kappa shape index (κ2) is 15.8. The van der Waals surface area contributed by atoms with E-state index in [1.54, 1.807) is 19.9 Å². The highest BCUT2D eigenvalue weighted by Crippen LogP contribution is 2.26. The highest BCUT2D eigenvalue weighted by Gasteiger charge is 2.15. The third kappa shape index (κ3) is 9.39. The van der Waals surface area contributed by atoms with Crippen LogP contribution in [0.5, 0.6) is 17.2 Å². The molecule has 9 nitrogen and oxygen atoms in total. The lowest BCUT2D eigenvalue weighted by atomic mass is 10.1. The van der Waals surface area contributed by atoms with Gasteiger partial charge in [-0.3, -0.25) is 0 Å². The summed E-state index contributed by atoms with van der Waals surface area (Å²) in [4.78, 5) is 22.3. The number of rotatable bonds is 11. The molecule has 0 amide bonds. The molecule has 1 N–H and O–H groups in total. The van der Waals surface area contributed by atoms with Crippen molar-refractivity contribution in [1.29, 1.82) is 0 Å². The molecule has 0 aliphatic heterocycles. The number of carbonyl (C=O) groups excluding carboxylic acids is 1. The summed E-state index contributed by atoms with van der Waals surface area (Å²) in [5.41, 5.74) is 3.72. The molecule has 0 fully saturated rings. The van der Waals surface area contributed by atoms with Gasteiger partial charge in [-0.2, -0.15) is 0 Å². The van der Waals surface area contributed by atoms with Crippen LogP contribution in [0, 0.1) is 17.4 Å². The standard InChI is InChI=1S/C21H20O5.C14H13IO4/c1-3-24-18-8-4-15(5-9-18)16-6-10-19(11-7-16)25-13-17-12-20(21(22)23)26-14(17)2;1-9-10(7-13(19-9)14(16)17-2)8-18-12-5-3-11(15)4-6-12/h4-12H,3,13H2,1-2H3,(H,22,23);3-7H,8H2,1-2H3. The Labute approximate surface area is 274 Å². The number of halogens is 1. The number of esters is 1. The van der Waals surface area contributed by atoms with E-state index in [1.807, 2.05) is 79.7 Å². The maximum Gasteiger partial charge on any atom is 0.373 e. The van der Waals surface area contributed by atoms with Gasteiger partial charge in [-0.05, 0) is 115 Å². The molecule has 0 radical (unpaired) electrons. The van der Waals surface area contributed by atoms with Gasteiger partial charge in [0.15, 0.2) is 0 Å². The normalized spacial score (nSPS) is 10.4. The van der Waals surface area contributed by atoms with Gasteiger partial charge in [-0.1, -0.05) is 24.3 Å². The number of aromatic carboxylic acids is 1. The quantitative estimate of drug-likeness (QED) is 0.106. The number of hydrogen-bond acceptors (Lipinski definition) is 8. The summed E-state index contributed by atoms with van der Waals surface area (Å²) in [6, 6.07) is 26.6. The van der Waals surface area contributed by atoms with Crippen LogP contribution in [0.3, 0.4) is 0 Å². The Morgan fingerprint density at radius 2 is 1.11 bits per heavy atom. The Morgan fingerprint density at radius 3 is 1.53 bits per heavy atom. The summed E-state index contributed by atoms with van der Waals surface area (Å²) < 4.78 is 33.1. The molecule has 0 aliphatic rings. The predicted molar refractivity (Wildman–Crippen MR) is 176 cm³/mol. The third-order valence-electron chi connectivity index (χ3n) is 6.59. The van der Waals surface area contributed by atoms with Crippen molar-refractivity contribution in [2.24, 2.45) is 0 Å². The Hall–Kier alpha value is -4.71. The topological polar surface area (TPSA) is 118 Å². The van der Waals surface area contributed by atoms with Crippen LogP contribution in [0.15, 0.2) is 93.8 Å². The highest BCUT2D eigenvalue weighted by atomic mass is 127. The number of ether oxygens (including phenoxy) is 4. The average Bonchev–Trinajstić information content (AvgIpc) is 3.62. The van der Waals surface area contributed by atoms with Crippen LogP contribution in [-0.4, -0.2) is 30.8 Å². The van der Waals surface area contributed by atoms with Gasteiger partial charge in [0.1, 0.15) is 42.0 Å². The van der Waals surface area contributed by atoms with E-state index < -0.39 is 11.9 Å².